The van der Waals surface area contributed by atoms with Gasteiger partial charge in [0, 0.05) is 25.0 Å². The van der Waals surface area contributed by atoms with Crippen molar-refractivity contribution in [3.63, 3.8) is 0 Å². The van der Waals surface area contributed by atoms with Gasteiger partial charge in [-0.25, -0.2) is 9.78 Å². The Morgan fingerprint density at radius 1 is 1.28 bits per heavy atom. The van der Waals surface area contributed by atoms with Gasteiger partial charge in [-0.3, -0.25) is 9.80 Å². The largest absolute Gasteiger partial charge is 0.488 e. The summed E-state index contributed by atoms with van der Waals surface area (Å²) in [5.41, 5.74) is 2.81. The Balaban J connectivity index is 1.95. The molecule has 6 nitrogen and oxygen atoms in total. The Morgan fingerprint density at radius 2 is 2.04 bits per heavy atom. The number of rotatable bonds is 5. The van der Waals surface area contributed by atoms with Crippen LogP contribution in [0.3, 0.4) is 0 Å². The normalized spacial score (nSPS) is 14.1. The predicted molar refractivity (Wildman–Crippen MR) is 100 cm³/mol. The van der Waals surface area contributed by atoms with E-state index in [1.807, 2.05) is 31.2 Å². The lowest BCUT2D eigenvalue weighted by Gasteiger charge is -2.21. The van der Waals surface area contributed by atoms with Crippen LogP contribution in [0.5, 0.6) is 0 Å². The molecule has 2 heterocycles. The van der Waals surface area contributed by atoms with E-state index in [0.717, 1.165) is 11.3 Å². The van der Waals surface area contributed by atoms with E-state index in [1.54, 1.807) is 21.9 Å². The zero-order valence-electron chi connectivity index (χ0n) is 14.1. The predicted octanol–water partition coefficient (Wildman–Crippen LogP) is 1.41. The van der Waals surface area contributed by atoms with Crippen molar-refractivity contribution in [3.8, 4) is 0 Å². The number of pyridine rings is 1. The molecule has 3 rings (SSSR count). The summed E-state index contributed by atoms with van der Waals surface area (Å²) >= 11 is 0. The molecule has 1 saturated heterocycles. The molecule has 7 heteroatoms. The molecule has 2 amide bonds. The van der Waals surface area contributed by atoms with Crippen LogP contribution in [-0.4, -0.2) is 41.3 Å². The highest BCUT2D eigenvalue weighted by atomic mass is 16.4. The molecule has 1 aromatic carbocycles. The third-order valence-electron chi connectivity index (χ3n) is 4.38. The molecule has 0 atom stereocenters. The number of urea groups is 1. The zero-order chi connectivity index (χ0) is 18.0. The maximum Gasteiger partial charge on any atom is 0.488 e. The second-order valence-electron chi connectivity index (χ2n) is 5.81. The van der Waals surface area contributed by atoms with Crippen molar-refractivity contribution in [1.82, 2.24) is 4.98 Å². The van der Waals surface area contributed by atoms with Crippen molar-refractivity contribution in [2.75, 3.05) is 22.9 Å². The smallest absolute Gasteiger partial charge is 0.423 e. The molecule has 1 aliphatic heterocycles. The monoisotopic (exact) mass is 337 g/mol. The molecule has 128 valence electrons. The molecule has 0 aliphatic carbocycles. The van der Waals surface area contributed by atoms with Crippen LogP contribution in [0.15, 0.2) is 43.1 Å². The number of anilines is 2. The van der Waals surface area contributed by atoms with Gasteiger partial charge in [-0.1, -0.05) is 31.7 Å². The summed E-state index contributed by atoms with van der Waals surface area (Å²) in [5, 5.41) is 19.1. The lowest BCUT2D eigenvalue weighted by Crippen LogP contribution is -2.38. The van der Waals surface area contributed by atoms with Gasteiger partial charge in [0.25, 0.3) is 0 Å². The van der Waals surface area contributed by atoms with Crippen molar-refractivity contribution in [2.24, 2.45) is 0 Å². The number of hydrogen-bond donors (Lipinski definition) is 2. The minimum absolute atomic E-state index is 0.173. The SMILES string of the molecule is C=Cc1cccc(N2CCN(c3nccc(B(O)O)c3CC)C2=O)c1. The molecule has 2 aromatic rings. The van der Waals surface area contributed by atoms with Crippen molar-refractivity contribution >= 4 is 36.2 Å². The molecule has 0 bridgehead atoms. The average Bonchev–Trinajstić information content (AvgIpc) is 3.02. The lowest BCUT2D eigenvalue weighted by molar-refractivity contribution is 0.255. The van der Waals surface area contributed by atoms with Crippen LogP contribution in [0.2, 0.25) is 0 Å². The maximum absolute atomic E-state index is 12.9. The van der Waals surface area contributed by atoms with Gasteiger partial charge < -0.3 is 10.0 Å². The molecular formula is C18H20BN3O3. The minimum atomic E-state index is -1.59. The quantitative estimate of drug-likeness (QED) is 0.809. The summed E-state index contributed by atoms with van der Waals surface area (Å²) in [6.45, 7) is 6.69. The highest BCUT2D eigenvalue weighted by Gasteiger charge is 2.33. The molecular weight excluding hydrogens is 317 g/mol. The van der Waals surface area contributed by atoms with Crippen LogP contribution in [0.1, 0.15) is 18.1 Å². The van der Waals surface area contributed by atoms with Gasteiger partial charge in [0.05, 0.1) is 0 Å². The van der Waals surface area contributed by atoms with Crippen LogP contribution in [0.4, 0.5) is 16.3 Å². The van der Waals surface area contributed by atoms with Crippen LogP contribution in [0.25, 0.3) is 6.08 Å². The number of benzene rings is 1. The van der Waals surface area contributed by atoms with Gasteiger partial charge in [-0.2, -0.15) is 0 Å². The van der Waals surface area contributed by atoms with E-state index in [2.05, 4.69) is 11.6 Å². The van der Waals surface area contributed by atoms with Gasteiger partial charge in [-0.05, 0) is 41.2 Å². The Morgan fingerprint density at radius 3 is 2.72 bits per heavy atom. The van der Waals surface area contributed by atoms with Crippen LogP contribution >= 0.6 is 0 Å². The van der Waals surface area contributed by atoms with Gasteiger partial charge in [0.2, 0.25) is 0 Å². The van der Waals surface area contributed by atoms with E-state index < -0.39 is 7.12 Å². The fraction of sp³-hybridized carbons (Fsp3) is 0.222. The third kappa shape index (κ3) is 3.16. The van der Waals surface area contributed by atoms with Crippen LogP contribution in [0, 0.1) is 0 Å². The lowest BCUT2D eigenvalue weighted by atomic mass is 9.77. The highest BCUT2D eigenvalue weighted by Crippen LogP contribution is 2.26. The molecule has 0 spiro atoms. The van der Waals surface area contributed by atoms with Crippen molar-refractivity contribution in [1.29, 1.82) is 0 Å². The zero-order valence-corrected chi connectivity index (χ0v) is 14.1. The molecule has 0 unspecified atom stereocenters. The third-order valence-corrected chi connectivity index (χ3v) is 4.38. The minimum Gasteiger partial charge on any atom is -0.423 e. The first-order valence-corrected chi connectivity index (χ1v) is 8.22. The molecule has 1 aliphatic rings. The van der Waals surface area contributed by atoms with Crippen LogP contribution < -0.4 is 15.3 Å². The molecule has 2 N–H and O–H groups in total. The number of hydrogen-bond acceptors (Lipinski definition) is 4. The Bertz CT molecular complexity index is 810. The number of carbonyl (C=O) groups is 1. The molecule has 0 saturated carbocycles. The summed E-state index contributed by atoms with van der Waals surface area (Å²) in [5.74, 6) is 0.487. The van der Waals surface area contributed by atoms with Gasteiger partial charge >= 0.3 is 13.1 Å². The number of carbonyl (C=O) groups excluding carboxylic acids is 1. The van der Waals surface area contributed by atoms with Gasteiger partial charge in [0.1, 0.15) is 5.82 Å². The van der Waals surface area contributed by atoms with Gasteiger partial charge in [0.15, 0.2) is 0 Å². The molecule has 0 radical (unpaired) electrons. The number of amides is 2. The Kier molecular flexibility index (Phi) is 4.87. The molecule has 25 heavy (non-hydrogen) atoms. The van der Waals surface area contributed by atoms with E-state index in [0.29, 0.717) is 36.4 Å². The Hall–Kier alpha value is -2.64. The summed E-state index contributed by atoms with van der Waals surface area (Å²) in [7, 11) is -1.59. The first-order valence-electron chi connectivity index (χ1n) is 8.22. The van der Waals surface area contributed by atoms with Crippen molar-refractivity contribution < 1.29 is 14.8 Å². The molecule has 1 fully saturated rings. The standard InChI is InChI=1S/C18H20BN3O3/c1-3-13-6-5-7-14(12-13)21-10-11-22(18(21)23)17-15(4-2)16(19(24)25)8-9-20-17/h3,5-9,12,24-25H,1,4,10-11H2,2H3. The fourth-order valence-corrected chi connectivity index (χ4v) is 3.13. The fourth-order valence-electron chi connectivity index (χ4n) is 3.13. The number of aromatic nitrogens is 1. The summed E-state index contributed by atoms with van der Waals surface area (Å²) in [4.78, 5) is 20.5. The van der Waals surface area contributed by atoms with E-state index in [1.165, 1.54) is 6.20 Å². The van der Waals surface area contributed by atoms with Crippen molar-refractivity contribution in [2.45, 2.75) is 13.3 Å². The van der Waals surface area contributed by atoms with E-state index >= 15 is 0 Å². The first kappa shape index (κ1) is 17.2. The summed E-state index contributed by atoms with van der Waals surface area (Å²) in [6, 6.07) is 9.01. The van der Waals surface area contributed by atoms with E-state index in [4.69, 9.17) is 0 Å². The first-order chi connectivity index (χ1) is 12.1. The summed E-state index contributed by atoms with van der Waals surface area (Å²) in [6.07, 6.45) is 3.79. The topological polar surface area (TPSA) is 76.9 Å². The highest BCUT2D eigenvalue weighted by molar-refractivity contribution is 6.59. The second kappa shape index (κ2) is 7.08. The van der Waals surface area contributed by atoms with E-state index in [9.17, 15) is 14.8 Å². The van der Waals surface area contributed by atoms with Crippen LogP contribution in [-0.2, 0) is 6.42 Å². The number of nitrogens with zero attached hydrogens (tertiary/aromatic N) is 3. The second-order valence-corrected chi connectivity index (χ2v) is 5.81. The Labute approximate surface area is 147 Å². The van der Waals surface area contributed by atoms with Crippen molar-refractivity contribution in [3.05, 3.63) is 54.2 Å². The molecule has 1 aromatic heterocycles. The average molecular weight is 337 g/mol. The summed E-state index contributed by atoms with van der Waals surface area (Å²) < 4.78 is 0. The maximum atomic E-state index is 12.9. The van der Waals surface area contributed by atoms with Gasteiger partial charge in [-0.15, -0.1) is 0 Å². The van der Waals surface area contributed by atoms with E-state index in [-0.39, 0.29) is 6.03 Å².